The Balaban J connectivity index is 1.83. The van der Waals surface area contributed by atoms with E-state index in [9.17, 15) is 17.6 Å². The van der Waals surface area contributed by atoms with E-state index in [0.717, 1.165) is 11.1 Å². The molecule has 192 valence electrons. The SMILES string of the molecule is CCS(=O)(=O)c1ncc(N(Cc2ccco2)Cc2ccccc2F)c(C(=O)Nc2cc(C)ccc2C)n1. The van der Waals surface area contributed by atoms with Crippen LogP contribution in [0.15, 0.2) is 76.6 Å². The maximum atomic E-state index is 14.6. The molecule has 8 nitrogen and oxygen atoms in total. The number of hydrogen-bond acceptors (Lipinski definition) is 7. The van der Waals surface area contributed by atoms with Crippen molar-refractivity contribution in [3.05, 3.63) is 101 Å². The number of anilines is 2. The second kappa shape index (κ2) is 10.9. The van der Waals surface area contributed by atoms with Gasteiger partial charge in [0.1, 0.15) is 11.6 Å². The predicted octanol–water partition coefficient (Wildman–Crippen LogP) is 5.08. The Morgan fingerprint density at radius 1 is 1.08 bits per heavy atom. The van der Waals surface area contributed by atoms with E-state index in [4.69, 9.17) is 4.42 Å². The summed E-state index contributed by atoms with van der Waals surface area (Å²) in [7, 11) is -3.80. The number of amides is 1. The number of carbonyl (C=O) groups excluding carboxylic acids is 1. The van der Waals surface area contributed by atoms with E-state index in [1.54, 1.807) is 35.2 Å². The lowest BCUT2D eigenvalue weighted by molar-refractivity contribution is 0.102. The molecule has 0 bridgehead atoms. The molecule has 1 amide bonds. The Labute approximate surface area is 215 Å². The fourth-order valence-electron chi connectivity index (χ4n) is 3.74. The fourth-order valence-corrected chi connectivity index (χ4v) is 4.44. The lowest BCUT2D eigenvalue weighted by Gasteiger charge is -2.26. The molecular weight excluding hydrogens is 495 g/mol. The molecule has 0 aliphatic heterocycles. The number of sulfone groups is 1. The average Bonchev–Trinajstić information content (AvgIpc) is 3.40. The van der Waals surface area contributed by atoms with Crippen LogP contribution in [0.3, 0.4) is 0 Å². The molecule has 1 N–H and O–H groups in total. The van der Waals surface area contributed by atoms with Crippen molar-refractivity contribution in [1.29, 1.82) is 0 Å². The third-order valence-electron chi connectivity index (χ3n) is 5.85. The summed E-state index contributed by atoms with van der Waals surface area (Å²) >= 11 is 0. The number of carbonyl (C=O) groups is 1. The summed E-state index contributed by atoms with van der Waals surface area (Å²) in [6.45, 7) is 5.44. The third kappa shape index (κ3) is 6.03. The average molecular weight is 523 g/mol. The molecule has 10 heteroatoms. The summed E-state index contributed by atoms with van der Waals surface area (Å²) in [5.41, 5.74) is 2.80. The van der Waals surface area contributed by atoms with E-state index in [1.807, 2.05) is 32.0 Å². The quantitative estimate of drug-likeness (QED) is 0.306. The molecule has 2 aromatic carbocycles. The summed E-state index contributed by atoms with van der Waals surface area (Å²) < 4.78 is 45.2. The highest BCUT2D eigenvalue weighted by Crippen LogP contribution is 2.27. The third-order valence-corrected chi connectivity index (χ3v) is 7.36. The fraction of sp³-hybridized carbons (Fsp3) is 0.222. The van der Waals surface area contributed by atoms with E-state index in [-0.39, 0.29) is 30.2 Å². The van der Waals surface area contributed by atoms with E-state index < -0.39 is 26.7 Å². The smallest absolute Gasteiger partial charge is 0.276 e. The van der Waals surface area contributed by atoms with E-state index >= 15 is 0 Å². The molecule has 0 atom stereocenters. The highest BCUT2D eigenvalue weighted by Gasteiger charge is 2.26. The highest BCUT2D eigenvalue weighted by atomic mass is 32.2. The topological polar surface area (TPSA) is 105 Å². The number of rotatable bonds is 9. The summed E-state index contributed by atoms with van der Waals surface area (Å²) in [6, 6.07) is 15.4. The number of aryl methyl sites for hydroxylation is 2. The number of halogens is 1. The molecule has 0 saturated heterocycles. The van der Waals surface area contributed by atoms with Crippen LogP contribution < -0.4 is 10.2 Å². The Morgan fingerprint density at radius 2 is 1.86 bits per heavy atom. The molecule has 0 aliphatic rings. The molecule has 4 rings (SSSR count). The lowest BCUT2D eigenvalue weighted by atomic mass is 10.1. The molecule has 0 aliphatic carbocycles. The number of furan rings is 1. The van der Waals surface area contributed by atoms with Crippen molar-refractivity contribution in [2.75, 3.05) is 16.0 Å². The van der Waals surface area contributed by atoms with Crippen molar-refractivity contribution in [1.82, 2.24) is 9.97 Å². The monoisotopic (exact) mass is 522 g/mol. The van der Waals surface area contributed by atoms with Gasteiger partial charge in [-0.05, 0) is 49.2 Å². The van der Waals surface area contributed by atoms with Gasteiger partial charge in [0.2, 0.25) is 15.0 Å². The first-order valence-electron chi connectivity index (χ1n) is 11.7. The maximum Gasteiger partial charge on any atom is 0.276 e. The van der Waals surface area contributed by atoms with Crippen LogP contribution in [-0.2, 0) is 22.9 Å². The Kier molecular flexibility index (Phi) is 7.68. The number of nitrogens with zero attached hydrogens (tertiary/aromatic N) is 3. The second-order valence-corrected chi connectivity index (χ2v) is 10.8. The van der Waals surface area contributed by atoms with Crippen molar-refractivity contribution >= 4 is 27.1 Å². The number of hydrogen-bond donors (Lipinski definition) is 1. The first-order chi connectivity index (χ1) is 17.7. The zero-order valence-corrected chi connectivity index (χ0v) is 21.5. The maximum absolute atomic E-state index is 14.6. The van der Waals surface area contributed by atoms with Gasteiger partial charge < -0.3 is 14.6 Å². The molecule has 2 aromatic heterocycles. The minimum Gasteiger partial charge on any atom is -0.467 e. The van der Waals surface area contributed by atoms with Crippen LogP contribution in [0.25, 0.3) is 0 Å². The molecular formula is C27H27FN4O4S. The van der Waals surface area contributed by atoms with Gasteiger partial charge in [-0.2, -0.15) is 0 Å². The van der Waals surface area contributed by atoms with Crippen molar-refractivity contribution in [2.24, 2.45) is 0 Å². The zero-order chi connectivity index (χ0) is 26.6. The number of aromatic nitrogens is 2. The normalized spacial score (nSPS) is 11.4. The molecule has 0 saturated carbocycles. The minimum atomic E-state index is -3.80. The first kappa shape index (κ1) is 26.0. The molecule has 0 spiro atoms. The van der Waals surface area contributed by atoms with Crippen molar-refractivity contribution in [3.8, 4) is 0 Å². The Morgan fingerprint density at radius 3 is 2.57 bits per heavy atom. The summed E-state index contributed by atoms with van der Waals surface area (Å²) in [6.07, 6.45) is 2.80. The van der Waals surface area contributed by atoms with Gasteiger partial charge in [-0.15, -0.1) is 0 Å². The number of benzene rings is 2. The second-order valence-electron chi connectivity index (χ2n) is 8.59. The molecule has 37 heavy (non-hydrogen) atoms. The predicted molar refractivity (Wildman–Crippen MR) is 139 cm³/mol. The van der Waals surface area contributed by atoms with Gasteiger partial charge in [0.15, 0.2) is 5.69 Å². The largest absolute Gasteiger partial charge is 0.467 e. The zero-order valence-electron chi connectivity index (χ0n) is 20.7. The summed E-state index contributed by atoms with van der Waals surface area (Å²) in [4.78, 5) is 23.5. The minimum absolute atomic E-state index is 0.0559. The van der Waals surface area contributed by atoms with Gasteiger partial charge in [0.05, 0.1) is 30.4 Å². The van der Waals surface area contributed by atoms with Gasteiger partial charge >= 0.3 is 0 Å². The standard InChI is InChI=1S/C27H27FN4O4S/c1-4-37(34,35)27-29-15-24(25(31-27)26(33)30-23-14-18(2)11-12-19(23)3)32(17-21-9-7-13-36-21)16-20-8-5-6-10-22(20)28/h5-15H,4,16-17H2,1-3H3,(H,30,33). The van der Waals surface area contributed by atoms with Crippen molar-refractivity contribution < 1.29 is 22.0 Å². The van der Waals surface area contributed by atoms with E-state index in [2.05, 4.69) is 15.3 Å². The molecule has 4 aromatic rings. The Hall–Kier alpha value is -4.05. The van der Waals surface area contributed by atoms with Gasteiger partial charge in [0.25, 0.3) is 5.91 Å². The van der Waals surface area contributed by atoms with Crippen molar-refractivity contribution in [2.45, 2.75) is 39.0 Å². The van der Waals surface area contributed by atoms with Crippen LogP contribution in [0.2, 0.25) is 0 Å². The van der Waals surface area contributed by atoms with Gasteiger partial charge in [-0.25, -0.2) is 22.8 Å². The molecule has 0 fully saturated rings. The first-order valence-corrected chi connectivity index (χ1v) is 13.3. The van der Waals surface area contributed by atoms with Crippen LogP contribution >= 0.6 is 0 Å². The van der Waals surface area contributed by atoms with Crippen LogP contribution in [-0.4, -0.2) is 30.0 Å². The van der Waals surface area contributed by atoms with Crippen LogP contribution in [0.1, 0.15) is 39.9 Å². The summed E-state index contributed by atoms with van der Waals surface area (Å²) in [5, 5.41) is 2.39. The van der Waals surface area contributed by atoms with Gasteiger partial charge in [-0.1, -0.05) is 37.3 Å². The summed E-state index contributed by atoms with van der Waals surface area (Å²) in [5.74, 6) is -0.700. The van der Waals surface area contributed by atoms with Crippen LogP contribution in [0, 0.1) is 19.7 Å². The van der Waals surface area contributed by atoms with Crippen LogP contribution in [0.5, 0.6) is 0 Å². The van der Waals surface area contributed by atoms with E-state index in [1.165, 1.54) is 25.5 Å². The Bertz CT molecular complexity index is 1520. The van der Waals surface area contributed by atoms with E-state index in [0.29, 0.717) is 17.0 Å². The molecule has 0 unspecified atom stereocenters. The highest BCUT2D eigenvalue weighted by molar-refractivity contribution is 7.91. The van der Waals surface area contributed by atoms with Crippen LogP contribution in [0.4, 0.5) is 15.8 Å². The molecule has 0 radical (unpaired) electrons. The lowest BCUT2D eigenvalue weighted by Crippen LogP contribution is -2.28. The number of nitrogens with one attached hydrogen (secondary N) is 1. The van der Waals surface area contributed by atoms with Gasteiger partial charge in [0, 0.05) is 17.8 Å². The molecule has 2 heterocycles. The van der Waals surface area contributed by atoms with Gasteiger partial charge in [-0.3, -0.25) is 4.79 Å². The van der Waals surface area contributed by atoms with Crippen molar-refractivity contribution in [3.63, 3.8) is 0 Å².